The molecule has 0 aliphatic rings. The molecule has 0 radical (unpaired) electrons. The van der Waals surface area contributed by atoms with Gasteiger partial charge in [0.05, 0.1) is 0 Å². The number of hydrogen-bond donors (Lipinski definition) is 1. The standard InChI is InChI=1S/C11H17NS/c1-9(8-12-2)10-4-6-11(13-3)7-5-10/h4-7,9,12H,8H2,1-3H3. The molecule has 1 unspecified atom stereocenters. The molecule has 1 aromatic rings. The molecule has 1 rings (SSSR count). The second kappa shape index (κ2) is 5.30. The summed E-state index contributed by atoms with van der Waals surface area (Å²) in [6.45, 7) is 3.28. The number of thioether (sulfide) groups is 1. The first kappa shape index (κ1) is 10.6. The maximum absolute atomic E-state index is 3.19. The van der Waals surface area contributed by atoms with Crippen LogP contribution in [0.5, 0.6) is 0 Å². The van der Waals surface area contributed by atoms with E-state index in [0.29, 0.717) is 5.92 Å². The maximum Gasteiger partial charge on any atom is 0.00693 e. The van der Waals surface area contributed by atoms with E-state index in [1.165, 1.54) is 10.5 Å². The predicted molar refractivity (Wildman–Crippen MR) is 60.6 cm³/mol. The van der Waals surface area contributed by atoms with Crippen molar-refractivity contribution in [3.63, 3.8) is 0 Å². The third kappa shape index (κ3) is 3.05. The molecular formula is C11H17NS. The molecule has 13 heavy (non-hydrogen) atoms. The molecular weight excluding hydrogens is 178 g/mol. The summed E-state index contributed by atoms with van der Waals surface area (Å²) in [7, 11) is 1.99. The third-order valence-electron chi connectivity index (χ3n) is 2.20. The van der Waals surface area contributed by atoms with Crippen LogP contribution in [0.2, 0.25) is 0 Å². The lowest BCUT2D eigenvalue weighted by atomic mass is 10.0. The van der Waals surface area contributed by atoms with Gasteiger partial charge in [0.1, 0.15) is 0 Å². The van der Waals surface area contributed by atoms with Crippen molar-refractivity contribution in [2.45, 2.75) is 17.7 Å². The normalized spacial score (nSPS) is 12.8. The van der Waals surface area contributed by atoms with Crippen LogP contribution in [0.25, 0.3) is 0 Å². The molecule has 0 amide bonds. The highest BCUT2D eigenvalue weighted by molar-refractivity contribution is 7.98. The van der Waals surface area contributed by atoms with Crippen molar-refractivity contribution in [3.05, 3.63) is 29.8 Å². The molecule has 0 fully saturated rings. The van der Waals surface area contributed by atoms with E-state index >= 15 is 0 Å². The van der Waals surface area contributed by atoms with Gasteiger partial charge in [-0.1, -0.05) is 19.1 Å². The van der Waals surface area contributed by atoms with Gasteiger partial charge in [-0.05, 0) is 36.9 Å². The summed E-state index contributed by atoms with van der Waals surface area (Å²) >= 11 is 1.79. The topological polar surface area (TPSA) is 12.0 Å². The van der Waals surface area contributed by atoms with Crippen LogP contribution < -0.4 is 5.32 Å². The second-order valence-electron chi connectivity index (χ2n) is 3.23. The highest BCUT2D eigenvalue weighted by Gasteiger charge is 2.02. The van der Waals surface area contributed by atoms with Crippen molar-refractivity contribution >= 4 is 11.8 Å². The summed E-state index contributed by atoms with van der Waals surface area (Å²) in [6, 6.07) is 8.81. The molecule has 2 heteroatoms. The SMILES string of the molecule is CNCC(C)c1ccc(SC)cc1. The van der Waals surface area contributed by atoms with Gasteiger partial charge >= 0.3 is 0 Å². The molecule has 1 N–H and O–H groups in total. The number of likely N-dealkylation sites (N-methyl/N-ethyl adjacent to an activating group) is 1. The molecule has 0 saturated carbocycles. The summed E-state index contributed by atoms with van der Waals surface area (Å²) in [5, 5.41) is 3.19. The van der Waals surface area contributed by atoms with Gasteiger partial charge in [0.25, 0.3) is 0 Å². The first-order valence-electron chi connectivity index (χ1n) is 4.56. The van der Waals surface area contributed by atoms with Crippen molar-refractivity contribution in [3.8, 4) is 0 Å². The van der Waals surface area contributed by atoms with Crippen LogP contribution in [-0.2, 0) is 0 Å². The van der Waals surface area contributed by atoms with Gasteiger partial charge < -0.3 is 5.32 Å². The summed E-state index contributed by atoms with van der Waals surface area (Å²) in [5.74, 6) is 0.598. The molecule has 0 saturated heterocycles. The summed E-state index contributed by atoms with van der Waals surface area (Å²) in [4.78, 5) is 1.33. The summed E-state index contributed by atoms with van der Waals surface area (Å²) in [6.07, 6.45) is 2.10. The summed E-state index contributed by atoms with van der Waals surface area (Å²) < 4.78 is 0. The minimum absolute atomic E-state index is 0.598. The van der Waals surface area contributed by atoms with Crippen LogP contribution in [0.4, 0.5) is 0 Å². The zero-order valence-electron chi connectivity index (χ0n) is 8.50. The quantitative estimate of drug-likeness (QED) is 0.741. The van der Waals surface area contributed by atoms with Gasteiger partial charge in [-0.15, -0.1) is 11.8 Å². The third-order valence-corrected chi connectivity index (χ3v) is 2.94. The lowest BCUT2D eigenvalue weighted by Gasteiger charge is -2.11. The minimum atomic E-state index is 0.598. The van der Waals surface area contributed by atoms with E-state index in [2.05, 4.69) is 42.8 Å². The molecule has 0 heterocycles. The zero-order chi connectivity index (χ0) is 9.68. The van der Waals surface area contributed by atoms with Crippen LogP contribution >= 0.6 is 11.8 Å². The Morgan fingerprint density at radius 1 is 1.31 bits per heavy atom. The predicted octanol–water partition coefficient (Wildman–Crippen LogP) is 2.73. The maximum atomic E-state index is 3.19. The smallest absolute Gasteiger partial charge is 0.00693 e. The van der Waals surface area contributed by atoms with E-state index in [-0.39, 0.29) is 0 Å². The molecule has 72 valence electrons. The Labute approximate surface area is 84.9 Å². The number of benzene rings is 1. The largest absolute Gasteiger partial charge is 0.319 e. The van der Waals surface area contributed by atoms with Crippen LogP contribution in [-0.4, -0.2) is 19.8 Å². The van der Waals surface area contributed by atoms with E-state index < -0.39 is 0 Å². The Morgan fingerprint density at radius 2 is 1.92 bits per heavy atom. The fourth-order valence-corrected chi connectivity index (χ4v) is 1.76. The van der Waals surface area contributed by atoms with Gasteiger partial charge in [-0.25, -0.2) is 0 Å². The van der Waals surface area contributed by atoms with Crippen molar-refractivity contribution in [1.82, 2.24) is 5.32 Å². The molecule has 0 spiro atoms. The Balaban J connectivity index is 2.67. The lowest BCUT2D eigenvalue weighted by molar-refractivity contribution is 0.677. The minimum Gasteiger partial charge on any atom is -0.319 e. The van der Waals surface area contributed by atoms with E-state index in [9.17, 15) is 0 Å². The summed E-state index contributed by atoms with van der Waals surface area (Å²) in [5.41, 5.74) is 1.41. The molecule has 0 aromatic heterocycles. The van der Waals surface area contributed by atoms with Gasteiger partial charge in [0, 0.05) is 11.4 Å². The first-order chi connectivity index (χ1) is 6.27. The average Bonchev–Trinajstić information content (AvgIpc) is 2.18. The number of nitrogens with one attached hydrogen (secondary N) is 1. The molecule has 0 aliphatic carbocycles. The Morgan fingerprint density at radius 3 is 2.38 bits per heavy atom. The van der Waals surface area contributed by atoms with E-state index in [1.54, 1.807) is 11.8 Å². The molecule has 1 aromatic carbocycles. The van der Waals surface area contributed by atoms with Crippen LogP contribution in [0.15, 0.2) is 29.2 Å². The van der Waals surface area contributed by atoms with Crippen LogP contribution in [0, 0.1) is 0 Å². The van der Waals surface area contributed by atoms with E-state index in [4.69, 9.17) is 0 Å². The number of rotatable bonds is 4. The molecule has 1 nitrogen and oxygen atoms in total. The Hall–Kier alpha value is -0.470. The Kier molecular flexibility index (Phi) is 4.33. The van der Waals surface area contributed by atoms with Gasteiger partial charge in [0.15, 0.2) is 0 Å². The van der Waals surface area contributed by atoms with Crippen molar-refractivity contribution in [2.75, 3.05) is 19.8 Å². The fourth-order valence-electron chi connectivity index (χ4n) is 1.36. The second-order valence-corrected chi connectivity index (χ2v) is 4.11. The van der Waals surface area contributed by atoms with Crippen molar-refractivity contribution in [2.24, 2.45) is 0 Å². The van der Waals surface area contributed by atoms with Gasteiger partial charge in [0.2, 0.25) is 0 Å². The molecule has 1 atom stereocenters. The monoisotopic (exact) mass is 195 g/mol. The first-order valence-corrected chi connectivity index (χ1v) is 5.79. The lowest BCUT2D eigenvalue weighted by Crippen LogP contribution is -2.14. The zero-order valence-corrected chi connectivity index (χ0v) is 9.32. The molecule has 0 bridgehead atoms. The van der Waals surface area contributed by atoms with Crippen molar-refractivity contribution in [1.29, 1.82) is 0 Å². The average molecular weight is 195 g/mol. The molecule has 0 aliphatic heterocycles. The van der Waals surface area contributed by atoms with Crippen molar-refractivity contribution < 1.29 is 0 Å². The number of hydrogen-bond acceptors (Lipinski definition) is 2. The van der Waals surface area contributed by atoms with E-state index in [1.807, 2.05) is 7.05 Å². The van der Waals surface area contributed by atoms with E-state index in [0.717, 1.165) is 6.54 Å². The van der Waals surface area contributed by atoms with Gasteiger partial charge in [-0.2, -0.15) is 0 Å². The van der Waals surface area contributed by atoms with Gasteiger partial charge in [-0.3, -0.25) is 0 Å². The van der Waals surface area contributed by atoms with Crippen LogP contribution in [0.1, 0.15) is 18.4 Å². The highest BCUT2D eigenvalue weighted by Crippen LogP contribution is 2.19. The fraction of sp³-hybridized carbons (Fsp3) is 0.455. The Bertz CT molecular complexity index is 243. The van der Waals surface area contributed by atoms with Crippen LogP contribution in [0.3, 0.4) is 0 Å². The highest BCUT2D eigenvalue weighted by atomic mass is 32.2.